The van der Waals surface area contributed by atoms with Gasteiger partial charge in [-0.05, 0) is 91.2 Å². The van der Waals surface area contributed by atoms with Gasteiger partial charge in [0, 0.05) is 6.71 Å². The lowest BCUT2D eigenvalue weighted by molar-refractivity contribution is 0.452. The molecule has 0 saturated heterocycles. The fourth-order valence-electron chi connectivity index (χ4n) is 8.80. The van der Waals surface area contributed by atoms with Gasteiger partial charge in [-0.15, -0.1) is 5.57 Å². The molecule has 2 atom stereocenters. The second-order valence-electron chi connectivity index (χ2n) is 11.7. The van der Waals surface area contributed by atoms with Crippen LogP contribution in [0, 0.1) is 5.92 Å². The Balaban J connectivity index is 1.66. The van der Waals surface area contributed by atoms with E-state index in [0.717, 1.165) is 5.92 Å². The summed E-state index contributed by atoms with van der Waals surface area (Å²) in [5.41, 5.74) is 5.34. The minimum Gasteiger partial charge on any atom is -0.171 e. The standard InChI is InChI=1S/C26H48BP/c1-22-18-23(2)20-27(19-22)21-28(24-12-6-3-7-13-24,25-14-8-4-9-15-25)26-16-10-5-11-17-26/h18,22,24-27H,3-17,19-21H2,1-2H3. The van der Waals surface area contributed by atoms with Crippen LogP contribution < -0.4 is 0 Å². The lowest BCUT2D eigenvalue weighted by Gasteiger charge is -2.53. The molecule has 0 bridgehead atoms. The molecule has 2 unspecified atom stereocenters. The lowest BCUT2D eigenvalue weighted by atomic mass is 9.41. The van der Waals surface area contributed by atoms with Crippen molar-refractivity contribution in [1.29, 1.82) is 0 Å². The first-order chi connectivity index (χ1) is 13.7. The molecule has 0 spiro atoms. The zero-order chi connectivity index (χ0) is 19.4. The van der Waals surface area contributed by atoms with E-state index in [-0.39, 0.29) is 6.71 Å². The molecule has 0 nitrogen and oxygen atoms in total. The summed E-state index contributed by atoms with van der Waals surface area (Å²) in [7, 11) is -0.834. The number of hydrogen-bond donors (Lipinski definition) is 0. The van der Waals surface area contributed by atoms with Crippen LogP contribution in [0.5, 0.6) is 0 Å². The van der Waals surface area contributed by atoms with Crippen molar-refractivity contribution in [2.24, 2.45) is 5.92 Å². The number of rotatable bonds is 5. The van der Waals surface area contributed by atoms with Crippen LogP contribution in [-0.4, -0.2) is 29.8 Å². The third-order valence-electron chi connectivity index (χ3n) is 9.65. The largest absolute Gasteiger partial charge is 0.171 e. The second-order valence-corrected chi connectivity index (χ2v) is 16.3. The predicted molar refractivity (Wildman–Crippen MR) is 132 cm³/mol. The van der Waals surface area contributed by atoms with Gasteiger partial charge in [-0.1, -0.05) is 44.2 Å². The highest BCUT2D eigenvalue weighted by atomic mass is 31.2. The molecule has 4 rings (SSSR count). The van der Waals surface area contributed by atoms with Crippen LogP contribution in [0.1, 0.15) is 110 Å². The molecular formula is C26H48BP. The van der Waals surface area contributed by atoms with E-state index in [2.05, 4.69) is 19.9 Å². The molecule has 0 N–H and O–H groups in total. The van der Waals surface area contributed by atoms with Gasteiger partial charge >= 0.3 is 0 Å². The molecule has 2 heteroatoms. The van der Waals surface area contributed by atoms with E-state index in [4.69, 9.17) is 0 Å². The van der Waals surface area contributed by atoms with Crippen molar-refractivity contribution in [2.75, 3.05) is 6.06 Å². The summed E-state index contributed by atoms with van der Waals surface area (Å²) in [4.78, 5) is 0. The molecule has 0 amide bonds. The first-order valence-electron chi connectivity index (χ1n) is 13.5. The Morgan fingerprint density at radius 1 is 0.750 bits per heavy atom. The quantitative estimate of drug-likeness (QED) is 0.246. The van der Waals surface area contributed by atoms with Crippen molar-refractivity contribution in [1.82, 2.24) is 0 Å². The van der Waals surface area contributed by atoms with E-state index in [1.54, 1.807) is 114 Å². The zero-order valence-corrected chi connectivity index (χ0v) is 20.2. The van der Waals surface area contributed by atoms with E-state index in [0.29, 0.717) is 0 Å². The van der Waals surface area contributed by atoms with Crippen LogP contribution in [0.3, 0.4) is 0 Å². The van der Waals surface area contributed by atoms with E-state index in [1.165, 1.54) is 23.3 Å². The highest BCUT2D eigenvalue weighted by Gasteiger charge is 2.55. The number of hydrogen-bond acceptors (Lipinski definition) is 0. The minimum absolute atomic E-state index is 0.0515. The molecular weight excluding hydrogens is 354 g/mol. The molecule has 1 heterocycles. The van der Waals surface area contributed by atoms with Crippen LogP contribution >= 0.6 is 7.26 Å². The molecule has 3 saturated carbocycles. The summed E-state index contributed by atoms with van der Waals surface area (Å²) in [6.45, 7) is 5.03. The van der Waals surface area contributed by atoms with E-state index in [1.807, 2.05) is 0 Å². The van der Waals surface area contributed by atoms with Crippen molar-refractivity contribution in [3.63, 3.8) is 0 Å². The van der Waals surface area contributed by atoms with Gasteiger partial charge < -0.3 is 0 Å². The van der Waals surface area contributed by atoms with Gasteiger partial charge in [0.25, 0.3) is 0 Å². The van der Waals surface area contributed by atoms with Crippen LogP contribution in [0.25, 0.3) is 0 Å². The molecule has 1 aliphatic heterocycles. The Kier molecular flexibility index (Phi) is 7.69. The maximum absolute atomic E-state index is 2.62. The van der Waals surface area contributed by atoms with Gasteiger partial charge in [-0.3, -0.25) is 0 Å². The fourth-order valence-corrected chi connectivity index (χ4v) is 17.1. The predicted octanol–water partition coefficient (Wildman–Crippen LogP) is 8.36. The van der Waals surface area contributed by atoms with Crippen molar-refractivity contribution >= 4 is 14.0 Å². The van der Waals surface area contributed by atoms with Crippen molar-refractivity contribution in [3.05, 3.63) is 11.6 Å². The number of allylic oxidation sites excluding steroid dienone is 2. The van der Waals surface area contributed by atoms with Crippen LogP contribution in [0.4, 0.5) is 0 Å². The first-order valence-corrected chi connectivity index (χ1v) is 15.7. The molecule has 0 aromatic heterocycles. The molecule has 160 valence electrons. The summed E-state index contributed by atoms with van der Waals surface area (Å²) in [6, 6.07) is 1.79. The molecule has 0 aromatic rings. The Labute approximate surface area is 177 Å². The van der Waals surface area contributed by atoms with Gasteiger partial charge in [0.15, 0.2) is 0 Å². The SMILES string of the molecule is CC1=CC(C)C[BH-](C[P+](C2CCCCC2)(C2CCCCC2)C2CCCCC2)C1. The summed E-state index contributed by atoms with van der Waals surface area (Å²) in [5, 5.41) is 0. The normalized spacial score (nSPS) is 32.3. The minimum atomic E-state index is -0.834. The Morgan fingerprint density at radius 3 is 1.57 bits per heavy atom. The fraction of sp³-hybridized carbons (Fsp3) is 0.923. The van der Waals surface area contributed by atoms with Crippen LogP contribution in [0.2, 0.25) is 12.6 Å². The maximum Gasteiger partial charge on any atom is 0.0671 e. The second kappa shape index (κ2) is 10.0. The van der Waals surface area contributed by atoms with Gasteiger partial charge in [0.05, 0.1) is 17.0 Å². The molecule has 3 fully saturated rings. The third kappa shape index (κ3) is 4.76. The van der Waals surface area contributed by atoms with Crippen molar-refractivity contribution in [2.45, 2.75) is 140 Å². The van der Waals surface area contributed by atoms with E-state index in [9.17, 15) is 0 Å². The third-order valence-corrected chi connectivity index (χ3v) is 16.7. The molecule has 0 radical (unpaired) electrons. The highest BCUT2D eigenvalue weighted by molar-refractivity contribution is 7.79. The van der Waals surface area contributed by atoms with E-state index >= 15 is 0 Å². The highest BCUT2D eigenvalue weighted by Crippen LogP contribution is 2.77. The summed E-state index contributed by atoms with van der Waals surface area (Å²) in [6.07, 6.45) is 29.6. The topological polar surface area (TPSA) is 0 Å². The molecule has 0 aromatic carbocycles. The average molecular weight is 402 g/mol. The van der Waals surface area contributed by atoms with Crippen molar-refractivity contribution < 1.29 is 0 Å². The Hall–Kier alpha value is 0.235. The van der Waals surface area contributed by atoms with Gasteiger partial charge in [0.1, 0.15) is 0 Å². The lowest BCUT2D eigenvalue weighted by Crippen LogP contribution is -2.42. The molecule has 3 aliphatic carbocycles. The smallest absolute Gasteiger partial charge is 0.0671 e. The molecule has 4 aliphatic rings. The van der Waals surface area contributed by atoms with Crippen LogP contribution in [0.15, 0.2) is 11.6 Å². The van der Waals surface area contributed by atoms with Gasteiger partial charge in [0.2, 0.25) is 0 Å². The monoisotopic (exact) mass is 402 g/mol. The summed E-state index contributed by atoms with van der Waals surface area (Å²) in [5.74, 6) is 0.875. The van der Waals surface area contributed by atoms with Crippen molar-refractivity contribution in [3.8, 4) is 0 Å². The van der Waals surface area contributed by atoms with E-state index < -0.39 is 7.26 Å². The van der Waals surface area contributed by atoms with Crippen LogP contribution in [-0.2, 0) is 0 Å². The summed E-state index contributed by atoms with van der Waals surface area (Å²) < 4.78 is 0. The first kappa shape index (κ1) is 21.5. The molecule has 28 heavy (non-hydrogen) atoms. The Bertz CT molecular complexity index is 463. The Morgan fingerprint density at radius 2 is 1.18 bits per heavy atom. The zero-order valence-electron chi connectivity index (χ0n) is 19.3. The van der Waals surface area contributed by atoms with Gasteiger partial charge in [-0.2, -0.15) is 12.6 Å². The summed E-state index contributed by atoms with van der Waals surface area (Å²) >= 11 is 0. The average Bonchev–Trinajstić information content (AvgIpc) is 2.73. The maximum atomic E-state index is 2.62. The van der Waals surface area contributed by atoms with Gasteiger partial charge in [-0.25, -0.2) is 0 Å².